The van der Waals surface area contributed by atoms with Crippen molar-refractivity contribution in [2.24, 2.45) is 0 Å². The van der Waals surface area contributed by atoms with Crippen LogP contribution in [0.3, 0.4) is 0 Å². The van der Waals surface area contributed by atoms with Gasteiger partial charge in [-0.05, 0) is 19.0 Å². The minimum absolute atomic E-state index is 0. The summed E-state index contributed by atoms with van der Waals surface area (Å²) in [4.78, 5) is 21.7. The van der Waals surface area contributed by atoms with Gasteiger partial charge in [0.2, 0.25) is 0 Å². The Hall–Kier alpha value is -1.93. The van der Waals surface area contributed by atoms with Gasteiger partial charge in [-0.25, -0.2) is 4.39 Å². The molecule has 21 heavy (non-hydrogen) atoms. The summed E-state index contributed by atoms with van der Waals surface area (Å²) in [7, 11) is 0. The number of carbonyl (C=O) groups is 1. The fraction of sp³-hybridized carbons (Fsp3) is 0.417. The molecule has 1 rings (SSSR count). The van der Waals surface area contributed by atoms with Gasteiger partial charge in [-0.15, -0.1) is 12.4 Å². The van der Waals surface area contributed by atoms with Gasteiger partial charge in [0.1, 0.15) is 11.5 Å². The van der Waals surface area contributed by atoms with Crippen molar-refractivity contribution in [2.45, 2.75) is 13.3 Å². The summed E-state index contributed by atoms with van der Waals surface area (Å²) in [6.45, 7) is 3.71. The molecule has 1 aromatic rings. The molecule has 4 N–H and O–H groups in total. The Morgan fingerprint density at radius 2 is 2.05 bits per heavy atom. The molecular formula is C12H18ClFN4O3. The predicted octanol–water partition coefficient (Wildman–Crippen LogP) is 1.47. The lowest BCUT2D eigenvalue weighted by Gasteiger charge is -2.08. The average Bonchev–Trinajstić information content (AvgIpc) is 2.40. The van der Waals surface area contributed by atoms with Crippen LogP contribution in [0, 0.1) is 15.9 Å². The van der Waals surface area contributed by atoms with Crippen molar-refractivity contribution in [1.82, 2.24) is 10.6 Å². The van der Waals surface area contributed by atoms with E-state index in [1.54, 1.807) is 0 Å². The molecule has 0 radical (unpaired) electrons. The second kappa shape index (κ2) is 9.09. The summed E-state index contributed by atoms with van der Waals surface area (Å²) < 4.78 is 13.3. The summed E-state index contributed by atoms with van der Waals surface area (Å²) in [5.41, 5.74) is 4.34. The van der Waals surface area contributed by atoms with Crippen LogP contribution in [0.15, 0.2) is 12.1 Å². The maximum Gasteiger partial charge on any atom is 0.295 e. The van der Waals surface area contributed by atoms with Crippen LogP contribution in [0.25, 0.3) is 0 Å². The van der Waals surface area contributed by atoms with Crippen LogP contribution in [-0.4, -0.2) is 30.5 Å². The normalized spacial score (nSPS) is 9.81. The number of hydrogen-bond donors (Lipinski definition) is 3. The lowest BCUT2D eigenvalue weighted by Crippen LogP contribution is -2.32. The number of carbonyl (C=O) groups excluding carboxylic acids is 1. The quantitative estimate of drug-likeness (QED) is 0.305. The van der Waals surface area contributed by atoms with Crippen LogP contribution in [0.4, 0.5) is 15.8 Å². The van der Waals surface area contributed by atoms with Gasteiger partial charge in [-0.1, -0.05) is 6.92 Å². The number of amides is 1. The third-order valence-electron chi connectivity index (χ3n) is 2.58. The van der Waals surface area contributed by atoms with Gasteiger partial charge < -0.3 is 16.4 Å². The molecule has 118 valence electrons. The summed E-state index contributed by atoms with van der Waals surface area (Å²) in [6, 6.07) is 1.58. The molecule has 0 saturated heterocycles. The zero-order valence-electron chi connectivity index (χ0n) is 11.5. The van der Waals surface area contributed by atoms with E-state index in [4.69, 9.17) is 5.73 Å². The molecule has 0 aliphatic carbocycles. The minimum atomic E-state index is -0.875. The number of nitrogen functional groups attached to an aromatic ring is 1. The van der Waals surface area contributed by atoms with E-state index >= 15 is 0 Å². The summed E-state index contributed by atoms with van der Waals surface area (Å²) in [5, 5.41) is 16.3. The molecule has 7 nitrogen and oxygen atoms in total. The SMILES string of the molecule is CCCNCCNC(=O)c1cc(F)cc([N+](=O)[O-])c1N.Cl. The second-order valence-electron chi connectivity index (χ2n) is 4.15. The number of nitrogens with zero attached hydrogens (tertiary/aromatic N) is 1. The Morgan fingerprint density at radius 3 is 2.62 bits per heavy atom. The highest BCUT2D eigenvalue weighted by Crippen LogP contribution is 2.26. The van der Waals surface area contributed by atoms with E-state index < -0.39 is 22.3 Å². The van der Waals surface area contributed by atoms with E-state index in [9.17, 15) is 19.3 Å². The lowest BCUT2D eigenvalue weighted by atomic mass is 10.1. The van der Waals surface area contributed by atoms with Crippen LogP contribution in [-0.2, 0) is 0 Å². The van der Waals surface area contributed by atoms with E-state index in [1.807, 2.05) is 6.92 Å². The molecule has 0 heterocycles. The molecule has 0 saturated carbocycles. The molecule has 0 aromatic heterocycles. The van der Waals surface area contributed by atoms with Crippen molar-refractivity contribution in [3.05, 3.63) is 33.6 Å². The highest BCUT2D eigenvalue weighted by molar-refractivity contribution is 6.01. The molecule has 1 aromatic carbocycles. The topological polar surface area (TPSA) is 110 Å². The largest absolute Gasteiger partial charge is 0.393 e. The number of halogens is 2. The van der Waals surface area contributed by atoms with Gasteiger partial charge in [-0.2, -0.15) is 0 Å². The Bertz CT molecular complexity index is 514. The fourth-order valence-electron chi connectivity index (χ4n) is 1.60. The van der Waals surface area contributed by atoms with E-state index in [-0.39, 0.29) is 23.7 Å². The summed E-state index contributed by atoms with van der Waals surface area (Å²) >= 11 is 0. The van der Waals surface area contributed by atoms with Gasteiger partial charge in [-0.3, -0.25) is 14.9 Å². The maximum atomic E-state index is 13.3. The van der Waals surface area contributed by atoms with Gasteiger partial charge in [0.25, 0.3) is 11.6 Å². The molecule has 0 aliphatic rings. The van der Waals surface area contributed by atoms with E-state index in [0.717, 1.165) is 19.0 Å². The summed E-state index contributed by atoms with van der Waals surface area (Å²) in [6.07, 6.45) is 0.969. The molecule has 0 atom stereocenters. The monoisotopic (exact) mass is 320 g/mol. The number of benzene rings is 1. The maximum absolute atomic E-state index is 13.3. The number of nitrogens with one attached hydrogen (secondary N) is 2. The van der Waals surface area contributed by atoms with E-state index in [0.29, 0.717) is 19.2 Å². The molecule has 9 heteroatoms. The van der Waals surface area contributed by atoms with Crippen molar-refractivity contribution in [3.8, 4) is 0 Å². The Morgan fingerprint density at radius 1 is 1.38 bits per heavy atom. The van der Waals surface area contributed by atoms with Gasteiger partial charge in [0, 0.05) is 13.1 Å². The molecular weight excluding hydrogens is 303 g/mol. The average molecular weight is 321 g/mol. The zero-order chi connectivity index (χ0) is 15.1. The number of anilines is 1. The predicted molar refractivity (Wildman–Crippen MR) is 80.2 cm³/mol. The molecule has 0 bridgehead atoms. The first-order valence-electron chi connectivity index (χ1n) is 6.19. The van der Waals surface area contributed by atoms with Crippen molar-refractivity contribution < 1.29 is 14.1 Å². The van der Waals surface area contributed by atoms with E-state index in [1.165, 1.54) is 0 Å². The summed E-state index contributed by atoms with van der Waals surface area (Å²) in [5.74, 6) is -1.51. The first-order chi connectivity index (χ1) is 9.47. The highest BCUT2D eigenvalue weighted by atomic mass is 35.5. The first-order valence-corrected chi connectivity index (χ1v) is 6.19. The van der Waals surface area contributed by atoms with Crippen LogP contribution in [0.1, 0.15) is 23.7 Å². The standard InChI is InChI=1S/C12H17FN4O3.ClH/c1-2-3-15-4-5-16-12(18)9-6-8(13)7-10(11(9)14)17(19)20;/h6-7,15H,2-5,14H2,1H3,(H,16,18);1H. The molecule has 0 unspecified atom stereocenters. The number of rotatable bonds is 7. The Labute approximate surface area is 127 Å². The molecule has 0 aliphatic heterocycles. The van der Waals surface area contributed by atoms with Crippen LogP contribution in [0.5, 0.6) is 0 Å². The Kier molecular flexibility index (Phi) is 8.25. The first kappa shape index (κ1) is 19.1. The second-order valence-corrected chi connectivity index (χ2v) is 4.15. The van der Waals surface area contributed by atoms with Gasteiger partial charge in [0.05, 0.1) is 16.6 Å². The molecule has 1 amide bonds. The third kappa shape index (κ3) is 5.52. The van der Waals surface area contributed by atoms with Crippen molar-refractivity contribution in [2.75, 3.05) is 25.4 Å². The smallest absolute Gasteiger partial charge is 0.295 e. The van der Waals surface area contributed by atoms with E-state index in [2.05, 4.69) is 10.6 Å². The highest BCUT2D eigenvalue weighted by Gasteiger charge is 2.21. The third-order valence-corrected chi connectivity index (χ3v) is 2.58. The number of nitro groups is 1. The number of nitro benzene ring substituents is 1. The van der Waals surface area contributed by atoms with Crippen molar-refractivity contribution in [3.63, 3.8) is 0 Å². The lowest BCUT2D eigenvalue weighted by molar-refractivity contribution is -0.384. The van der Waals surface area contributed by atoms with Crippen LogP contribution in [0.2, 0.25) is 0 Å². The Balaban J connectivity index is 0.00000400. The minimum Gasteiger partial charge on any atom is -0.393 e. The van der Waals surface area contributed by atoms with Crippen molar-refractivity contribution in [1.29, 1.82) is 0 Å². The molecule has 0 fully saturated rings. The van der Waals surface area contributed by atoms with Crippen molar-refractivity contribution >= 4 is 29.7 Å². The number of hydrogen-bond acceptors (Lipinski definition) is 5. The molecule has 0 spiro atoms. The van der Waals surface area contributed by atoms with Crippen LogP contribution < -0.4 is 16.4 Å². The van der Waals surface area contributed by atoms with Crippen LogP contribution >= 0.6 is 12.4 Å². The fourth-order valence-corrected chi connectivity index (χ4v) is 1.60. The van der Waals surface area contributed by atoms with Gasteiger partial charge >= 0.3 is 0 Å². The zero-order valence-corrected chi connectivity index (χ0v) is 12.3. The number of nitrogens with two attached hydrogens (primary N) is 1. The van der Waals surface area contributed by atoms with Gasteiger partial charge in [0.15, 0.2) is 0 Å².